The van der Waals surface area contributed by atoms with Crippen molar-refractivity contribution >= 4 is 20.8 Å². The van der Waals surface area contributed by atoms with Crippen LogP contribution < -0.4 is 0 Å². The quantitative estimate of drug-likeness (QED) is 0.0602. The van der Waals surface area contributed by atoms with Crippen molar-refractivity contribution in [3.05, 3.63) is 0 Å². The Bertz CT molecular complexity index is 2060. The predicted molar refractivity (Wildman–Crippen MR) is 210 cm³/mol. The fourth-order valence-corrected chi connectivity index (χ4v) is 10.5. The minimum absolute atomic E-state index is 0.144. The molecule has 0 aromatic rings. The summed E-state index contributed by atoms with van der Waals surface area (Å²) in [5.41, 5.74) is 0. The van der Waals surface area contributed by atoms with Crippen molar-refractivity contribution in [3.63, 3.8) is 0 Å². The molecule has 30 atom stereocenters. The number of aliphatic hydroxyl groups excluding tert-OH is 12. The van der Waals surface area contributed by atoms with Gasteiger partial charge >= 0.3 is 20.8 Å². The van der Waals surface area contributed by atoms with Gasteiger partial charge in [-0.3, -0.25) is 9.11 Å². The summed E-state index contributed by atoms with van der Waals surface area (Å²) in [5, 5.41) is 130. The molecule has 0 spiro atoms. The fraction of sp³-hybridized carbons (Fsp3) is 1.00. The van der Waals surface area contributed by atoms with E-state index in [1.54, 1.807) is 0 Å². The zero-order chi connectivity index (χ0) is 51.9. The molecular formula is C36H56O34S2. The highest BCUT2D eigenvalue weighted by molar-refractivity contribution is 7.81. The SMILES string of the molecule is O=S(=O)(O)OC[C@H]1O[C@@H](O[C@H]2[C@H]3OC[C@@H]2O[C@@H](O[C@H]2[C@@H](O)[C@@H](COS(=O)(=O)O)O[C@@H](O[C@H]4[C@H]5OC[C@@H]4O[C@@H](O[C@H]4[C@@H](O)[C@@H](CO)OC(O)[C@@H]4O)[C@H]5O)[C@@H]2O)[C@H]3O)[C@H](O)[C@@H](O[C@@H]2O[C@H]3CO[C@@H]([C@@H]2O)[C@@H]3O)[C@H]1O. The van der Waals surface area contributed by atoms with Gasteiger partial charge in [0.2, 0.25) is 0 Å². The van der Waals surface area contributed by atoms with Gasteiger partial charge in [-0.1, -0.05) is 0 Å². The molecule has 36 heteroatoms. The van der Waals surface area contributed by atoms with Crippen LogP contribution in [0.25, 0.3) is 0 Å². The topological polar surface area (TPSA) is 499 Å². The van der Waals surface area contributed by atoms with E-state index in [0.717, 1.165) is 0 Å². The summed E-state index contributed by atoms with van der Waals surface area (Å²) in [4.78, 5) is 0. The number of hydrogen-bond donors (Lipinski definition) is 14. The van der Waals surface area contributed by atoms with Crippen LogP contribution >= 0.6 is 0 Å². The zero-order valence-corrected chi connectivity index (χ0v) is 38.4. The van der Waals surface area contributed by atoms with Crippen LogP contribution in [0.5, 0.6) is 0 Å². The van der Waals surface area contributed by atoms with Gasteiger partial charge in [0.1, 0.15) is 146 Å². The minimum Gasteiger partial charge on any atom is -0.394 e. The lowest BCUT2D eigenvalue weighted by Crippen LogP contribution is -2.66. The molecule has 416 valence electrons. The van der Waals surface area contributed by atoms with Crippen LogP contribution in [-0.4, -0.2) is 311 Å². The molecule has 0 radical (unpaired) electrons. The second-order valence-electron chi connectivity index (χ2n) is 18.2. The Morgan fingerprint density at radius 1 is 0.375 bits per heavy atom. The summed E-state index contributed by atoms with van der Waals surface area (Å²) in [7, 11) is -10.3. The summed E-state index contributed by atoms with van der Waals surface area (Å²) < 4.78 is 153. The van der Waals surface area contributed by atoms with Crippen molar-refractivity contribution in [2.24, 2.45) is 0 Å². The molecule has 0 aliphatic carbocycles. The van der Waals surface area contributed by atoms with Gasteiger partial charge in [-0.15, -0.1) is 0 Å². The van der Waals surface area contributed by atoms with Crippen molar-refractivity contribution in [1.82, 2.24) is 0 Å². The molecule has 9 heterocycles. The number of hydrogen-bond acceptors (Lipinski definition) is 32. The molecule has 72 heavy (non-hydrogen) atoms. The molecule has 14 N–H and O–H groups in total. The lowest BCUT2D eigenvalue weighted by atomic mass is 9.96. The molecule has 0 saturated carbocycles. The second-order valence-corrected chi connectivity index (χ2v) is 20.4. The van der Waals surface area contributed by atoms with E-state index in [1.807, 2.05) is 0 Å². The van der Waals surface area contributed by atoms with E-state index in [1.165, 1.54) is 0 Å². The average Bonchev–Trinajstić information content (AvgIpc) is 3.91. The zero-order valence-electron chi connectivity index (χ0n) is 36.8. The van der Waals surface area contributed by atoms with Crippen molar-refractivity contribution < 1.29 is 162 Å². The summed E-state index contributed by atoms with van der Waals surface area (Å²) in [6.45, 7) is -3.84. The van der Waals surface area contributed by atoms with Crippen LogP contribution in [0.1, 0.15) is 0 Å². The van der Waals surface area contributed by atoms with E-state index in [2.05, 4.69) is 8.37 Å². The van der Waals surface area contributed by atoms with Gasteiger partial charge in [-0.05, 0) is 0 Å². The monoisotopic (exact) mass is 1100 g/mol. The van der Waals surface area contributed by atoms with Crippen LogP contribution in [0, 0.1) is 0 Å². The van der Waals surface area contributed by atoms with E-state index >= 15 is 0 Å². The van der Waals surface area contributed by atoms with Gasteiger partial charge in [-0.25, -0.2) is 8.37 Å². The van der Waals surface area contributed by atoms with Gasteiger partial charge in [0.25, 0.3) is 0 Å². The van der Waals surface area contributed by atoms with Crippen LogP contribution in [0.2, 0.25) is 0 Å². The first-order chi connectivity index (χ1) is 33.9. The summed E-state index contributed by atoms with van der Waals surface area (Å²) in [6, 6.07) is 0. The predicted octanol–water partition coefficient (Wildman–Crippen LogP) is -11.3. The maximum absolute atomic E-state index is 11.6. The molecule has 9 rings (SSSR count). The maximum atomic E-state index is 11.6. The molecule has 9 aliphatic rings. The number of aliphatic hydroxyl groups is 12. The van der Waals surface area contributed by atoms with Gasteiger partial charge in [-0.2, -0.15) is 16.8 Å². The third-order valence-corrected chi connectivity index (χ3v) is 14.4. The third kappa shape index (κ3) is 11.2. The van der Waals surface area contributed by atoms with E-state index in [9.17, 15) is 87.2 Å². The lowest BCUT2D eigenvalue weighted by Gasteiger charge is -2.48. The van der Waals surface area contributed by atoms with Crippen LogP contribution in [0.3, 0.4) is 0 Å². The highest BCUT2D eigenvalue weighted by Crippen LogP contribution is 2.41. The molecule has 0 aromatic heterocycles. The first kappa shape index (κ1) is 55.5. The molecule has 0 amide bonds. The molecule has 0 aromatic carbocycles. The van der Waals surface area contributed by atoms with Crippen LogP contribution in [0.4, 0.5) is 0 Å². The van der Waals surface area contributed by atoms with E-state index in [4.69, 9.17) is 66.3 Å². The molecule has 34 nitrogen and oxygen atoms in total. The lowest BCUT2D eigenvalue weighted by molar-refractivity contribution is -0.380. The fourth-order valence-electron chi connectivity index (χ4n) is 9.89. The Balaban J connectivity index is 0.877. The van der Waals surface area contributed by atoms with Gasteiger partial charge < -0.3 is 128 Å². The van der Waals surface area contributed by atoms with E-state index in [0.29, 0.717) is 0 Å². The Morgan fingerprint density at radius 3 is 1.15 bits per heavy atom. The van der Waals surface area contributed by atoms with Crippen LogP contribution in [0.15, 0.2) is 0 Å². The number of rotatable bonds is 17. The average molecular weight is 1100 g/mol. The van der Waals surface area contributed by atoms with Gasteiger partial charge in [0.05, 0.1) is 39.6 Å². The molecule has 9 saturated heterocycles. The summed E-state index contributed by atoms with van der Waals surface area (Å²) in [6.07, 6.45) is -50.3. The van der Waals surface area contributed by atoms with E-state index in [-0.39, 0.29) is 19.8 Å². The minimum atomic E-state index is -5.19. The third-order valence-electron chi connectivity index (χ3n) is 13.6. The molecule has 6 bridgehead atoms. The van der Waals surface area contributed by atoms with Gasteiger partial charge in [0.15, 0.2) is 37.7 Å². The second kappa shape index (κ2) is 21.9. The highest BCUT2D eigenvalue weighted by Gasteiger charge is 2.61. The van der Waals surface area contributed by atoms with Crippen molar-refractivity contribution in [2.75, 3.05) is 39.6 Å². The van der Waals surface area contributed by atoms with Crippen molar-refractivity contribution in [1.29, 1.82) is 0 Å². The van der Waals surface area contributed by atoms with Crippen LogP contribution in [-0.2, 0) is 95.5 Å². The Hall–Kier alpha value is -1.30. The summed E-state index contributed by atoms with van der Waals surface area (Å²) in [5.74, 6) is 0. The normalized spacial score (nSPS) is 52.7. The highest BCUT2D eigenvalue weighted by atomic mass is 32.3. The smallest absolute Gasteiger partial charge is 0.394 e. The molecule has 9 aliphatic heterocycles. The molecule has 9 fully saturated rings. The number of ether oxygens (including phenoxy) is 14. The summed E-state index contributed by atoms with van der Waals surface area (Å²) >= 11 is 0. The van der Waals surface area contributed by atoms with E-state index < -0.39 is 225 Å². The Morgan fingerprint density at radius 2 is 0.722 bits per heavy atom. The van der Waals surface area contributed by atoms with Gasteiger partial charge in [0, 0.05) is 0 Å². The standard InChI is InChI=1S/C36H56O34S2/c37-1-7-13(38)26(17(42)31(48)60-7)68-35-21(46)29-23(11(64-35)3-56-29)66-34-20(45)28(16(41)10(63-34)6-59-72(52,53)54)70-36-22(47)30-24(12(65-36)4-57-30)67-33-19(44)27(15(40)9(62-33)5-58-71(49,50)51)69-32-18(43)25-14(39)8(61-32)2-55-25/h7-48H,1-6H2,(H,49,50,51)(H,52,53,54)/t7-,8+,9-,10-,11+,12+,13+,14-,15+,16+,17-,18+,19-,20-,21+,22+,23-,24-,25-,26+,27+,28+,29+,30+,31?,32+,33+,34+,35+,36+/m1/s1. The first-order valence-electron chi connectivity index (χ1n) is 22.3. The molecular weight excluding hydrogens is 1040 g/mol. The Kier molecular flexibility index (Phi) is 16.8. The maximum Gasteiger partial charge on any atom is 0.397 e. The molecule has 1 unspecified atom stereocenters. The first-order valence-corrected chi connectivity index (χ1v) is 25.0. The Labute approximate surface area is 405 Å². The largest absolute Gasteiger partial charge is 0.397 e. The van der Waals surface area contributed by atoms with Crippen molar-refractivity contribution in [3.8, 4) is 0 Å². The van der Waals surface area contributed by atoms with Crippen molar-refractivity contribution in [2.45, 2.75) is 184 Å². The number of fused-ring (bicyclic) bond motifs is 6.